The van der Waals surface area contributed by atoms with Gasteiger partial charge in [0.25, 0.3) is 0 Å². The van der Waals surface area contributed by atoms with Crippen molar-refractivity contribution in [2.45, 2.75) is 25.7 Å². The molecule has 0 bridgehead atoms. The largest absolute Gasteiger partial charge is 0.481 e. The Hall–Kier alpha value is -2.94. The fourth-order valence-corrected chi connectivity index (χ4v) is 2.88. The van der Waals surface area contributed by atoms with Crippen LogP contribution in [0.4, 0.5) is 0 Å². The summed E-state index contributed by atoms with van der Waals surface area (Å²) in [4.78, 5) is 15.2. The maximum atomic E-state index is 10.5. The number of rotatable bonds is 7. The first-order valence-corrected chi connectivity index (χ1v) is 8.57. The zero-order chi connectivity index (χ0) is 17.5. The lowest BCUT2D eigenvalue weighted by Gasteiger charge is -2.08. The summed E-state index contributed by atoms with van der Waals surface area (Å²) in [6, 6.07) is 20.6. The molecule has 0 amide bonds. The van der Waals surface area contributed by atoms with Gasteiger partial charge in [-0.05, 0) is 48.6 Å². The summed E-state index contributed by atoms with van der Waals surface area (Å²) in [5, 5.41) is 9.81. The van der Waals surface area contributed by atoms with E-state index < -0.39 is 5.97 Å². The van der Waals surface area contributed by atoms with Crippen molar-refractivity contribution < 1.29 is 9.90 Å². The number of unbranched alkanes of at least 4 members (excludes halogenated alkanes) is 2. The number of fused-ring (bicyclic) bond motifs is 1. The van der Waals surface area contributed by atoms with E-state index in [2.05, 4.69) is 30.3 Å². The van der Waals surface area contributed by atoms with Crippen molar-refractivity contribution in [1.29, 1.82) is 0 Å². The molecule has 3 rings (SSSR count). The SMILES string of the molecule is O=C(O)CCCCC=Cc1cc(-c2ccccc2)c2ccccc2n1. The van der Waals surface area contributed by atoms with Gasteiger partial charge in [0, 0.05) is 11.8 Å². The van der Waals surface area contributed by atoms with Gasteiger partial charge in [-0.25, -0.2) is 4.98 Å². The van der Waals surface area contributed by atoms with Crippen molar-refractivity contribution >= 4 is 22.9 Å². The normalized spacial score (nSPS) is 11.2. The molecule has 1 aromatic heterocycles. The van der Waals surface area contributed by atoms with Crippen LogP contribution in [0.1, 0.15) is 31.4 Å². The van der Waals surface area contributed by atoms with Crippen LogP contribution in [-0.4, -0.2) is 16.1 Å². The summed E-state index contributed by atoms with van der Waals surface area (Å²) in [7, 11) is 0. The third-order valence-corrected chi connectivity index (χ3v) is 4.12. The van der Waals surface area contributed by atoms with Gasteiger partial charge in [-0.3, -0.25) is 4.79 Å². The van der Waals surface area contributed by atoms with Crippen LogP contribution < -0.4 is 0 Å². The molecule has 126 valence electrons. The van der Waals surface area contributed by atoms with Gasteiger partial charge in [0.2, 0.25) is 0 Å². The van der Waals surface area contributed by atoms with E-state index in [1.165, 1.54) is 11.1 Å². The molecular formula is C22H21NO2. The summed E-state index contributed by atoms with van der Waals surface area (Å²) in [6.45, 7) is 0. The molecule has 1 N–H and O–H groups in total. The number of hydrogen-bond donors (Lipinski definition) is 1. The molecule has 3 nitrogen and oxygen atoms in total. The van der Waals surface area contributed by atoms with Crippen LogP contribution in [0.5, 0.6) is 0 Å². The Bertz CT molecular complexity index is 885. The van der Waals surface area contributed by atoms with Gasteiger partial charge in [-0.1, -0.05) is 54.6 Å². The lowest BCUT2D eigenvalue weighted by atomic mass is 10.00. The predicted molar refractivity (Wildman–Crippen MR) is 102 cm³/mol. The van der Waals surface area contributed by atoms with Gasteiger partial charge < -0.3 is 5.11 Å². The van der Waals surface area contributed by atoms with Crippen molar-refractivity contribution in [3.63, 3.8) is 0 Å². The van der Waals surface area contributed by atoms with E-state index in [0.717, 1.165) is 29.4 Å². The summed E-state index contributed by atoms with van der Waals surface area (Å²) in [5.74, 6) is -0.729. The van der Waals surface area contributed by atoms with Crippen LogP contribution in [0.25, 0.3) is 28.1 Å². The van der Waals surface area contributed by atoms with Crippen molar-refractivity contribution in [1.82, 2.24) is 4.98 Å². The summed E-state index contributed by atoms with van der Waals surface area (Å²) < 4.78 is 0. The molecule has 0 saturated carbocycles. The molecule has 0 aliphatic carbocycles. The van der Waals surface area contributed by atoms with Crippen molar-refractivity contribution in [2.75, 3.05) is 0 Å². The van der Waals surface area contributed by atoms with Crippen LogP contribution in [0.15, 0.2) is 66.7 Å². The summed E-state index contributed by atoms with van der Waals surface area (Å²) in [5.41, 5.74) is 4.26. The lowest BCUT2D eigenvalue weighted by molar-refractivity contribution is -0.137. The Morgan fingerprint density at radius 3 is 2.56 bits per heavy atom. The van der Waals surface area contributed by atoms with E-state index in [0.29, 0.717) is 6.42 Å². The molecule has 0 fully saturated rings. The highest BCUT2D eigenvalue weighted by atomic mass is 16.4. The van der Waals surface area contributed by atoms with Crippen LogP contribution in [0.3, 0.4) is 0 Å². The van der Waals surface area contributed by atoms with Crippen LogP contribution in [-0.2, 0) is 4.79 Å². The van der Waals surface area contributed by atoms with E-state index in [-0.39, 0.29) is 6.42 Å². The molecule has 3 heteroatoms. The average molecular weight is 331 g/mol. The lowest BCUT2D eigenvalue weighted by Crippen LogP contribution is -1.93. The number of nitrogens with zero attached hydrogens (tertiary/aromatic N) is 1. The topological polar surface area (TPSA) is 50.2 Å². The first-order valence-electron chi connectivity index (χ1n) is 8.57. The maximum absolute atomic E-state index is 10.5. The standard InChI is InChI=1S/C22H21NO2/c24-22(25)15-7-2-1-6-12-18-16-20(17-10-4-3-5-11-17)19-13-8-9-14-21(19)23-18/h3-6,8-14,16H,1-2,7,15H2,(H,24,25). The molecule has 0 saturated heterocycles. The van der Waals surface area contributed by atoms with Crippen molar-refractivity contribution in [3.8, 4) is 11.1 Å². The molecular weight excluding hydrogens is 310 g/mol. The number of carbonyl (C=O) groups is 1. The highest BCUT2D eigenvalue weighted by molar-refractivity contribution is 5.95. The zero-order valence-electron chi connectivity index (χ0n) is 14.1. The number of hydrogen-bond acceptors (Lipinski definition) is 2. The first-order chi connectivity index (χ1) is 12.2. The maximum Gasteiger partial charge on any atom is 0.303 e. The number of allylic oxidation sites excluding steroid dienone is 1. The molecule has 1 heterocycles. The molecule has 0 radical (unpaired) electrons. The third-order valence-electron chi connectivity index (χ3n) is 4.12. The monoisotopic (exact) mass is 331 g/mol. The third kappa shape index (κ3) is 4.54. The van der Waals surface area contributed by atoms with Crippen molar-refractivity contribution in [3.05, 3.63) is 72.4 Å². The number of aromatic nitrogens is 1. The van der Waals surface area contributed by atoms with Gasteiger partial charge in [0.15, 0.2) is 0 Å². The molecule has 0 atom stereocenters. The Kier molecular flexibility index (Phi) is 5.57. The Balaban J connectivity index is 1.83. The molecule has 25 heavy (non-hydrogen) atoms. The highest BCUT2D eigenvalue weighted by Gasteiger charge is 2.06. The van der Waals surface area contributed by atoms with Crippen LogP contribution >= 0.6 is 0 Å². The summed E-state index contributed by atoms with van der Waals surface area (Å²) >= 11 is 0. The molecule has 3 aromatic rings. The van der Waals surface area contributed by atoms with Gasteiger partial charge in [-0.15, -0.1) is 0 Å². The smallest absolute Gasteiger partial charge is 0.303 e. The van der Waals surface area contributed by atoms with Gasteiger partial charge >= 0.3 is 5.97 Å². The minimum atomic E-state index is -0.729. The number of carboxylic acids is 1. The minimum Gasteiger partial charge on any atom is -0.481 e. The second-order valence-corrected chi connectivity index (χ2v) is 6.02. The van der Waals surface area contributed by atoms with E-state index in [1.54, 1.807) is 0 Å². The van der Waals surface area contributed by atoms with Gasteiger partial charge in [0.05, 0.1) is 11.2 Å². The number of carboxylic acid groups (broad SMARTS) is 1. The fraction of sp³-hybridized carbons (Fsp3) is 0.182. The Morgan fingerprint density at radius 1 is 1.00 bits per heavy atom. The minimum absolute atomic E-state index is 0.236. The number of benzene rings is 2. The van der Waals surface area contributed by atoms with E-state index >= 15 is 0 Å². The second-order valence-electron chi connectivity index (χ2n) is 6.02. The van der Waals surface area contributed by atoms with Crippen LogP contribution in [0.2, 0.25) is 0 Å². The summed E-state index contributed by atoms with van der Waals surface area (Å²) in [6.07, 6.45) is 6.79. The van der Waals surface area contributed by atoms with Gasteiger partial charge in [-0.2, -0.15) is 0 Å². The second kappa shape index (κ2) is 8.25. The molecule has 0 spiro atoms. The van der Waals surface area contributed by atoms with E-state index in [9.17, 15) is 4.79 Å². The Morgan fingerprint density at radius 2 is 1.76 bits per heavy atom. The number of para-hydroxylation sites is 1. The first kappa shape index (κ1) is 16.9. The zero-order valence-corrected chi connectivity index (χ0v) is 14.1. The molecule has 2 aromatic carbocycles. The molecule has 0 aliphatic heterocycles. The predicted octanol–water partition coefficient (Wildman–Crippen LogP) is 5.56. The molecule has 0 aliphatic rings. The molecule has 0 unspecified atom stereocenters. The highest BCUT2D eigenvalue weighted by Crippen LogP contribution is 2.28. The van der Waals surface area contributed by atoms with E-state index in [4.69, 9.17) is 10.1 Å². The Labute approximate surface area is 147 Å². The number of pyridine rings is 1. The van der Waals surface area contributed by atoms with Crippen LogP contribution in [0, 0.1) is 0 Å². The average Bonchev–Trinajstić information content (AvgIpc) is 2.64. The fourth-order valence-electron chi connectivity index (χ4n) is 2.88. The van der Waals surface area contributed by atoms with E-state index in [1.807, 2.05) is 42.5 Å². The van der Waals surface area contributed by atoms with Crippen molar-refractivity contribution in [2.24, 2.45) is 0 Å². The number of aliphatic carboxylic acids is 1. The quantitative estimate of drug-likeness (QED) is 0.577. The van der Waals surface area contributed by atoms with Gasteiger partial charge in [0.1, 0.15) is 0 Å².